The van der Waals surface area contributed by atoms with E-state index >= 15 is 0 Å². The number of carbonyl (C=O) groups excluding carboxylic acids is 1. The van der Waals surface area contributed by atoms with Gasteiger partial charge in [-0.1, -0.05) is 67.6 Å². The van der Waals surface area contributed by atoms with Crippen LogP contribution in [0.25, 0.3) is 53.5 Å². The maximum absolute atomic E-state index is 13.5. The monoisotopic (exact) mass is 913 g/mol. The highest BCUT2D eigenvalue weighted by atomic mass is 32.2. The SMILES string of the molecule is C=CCNC(=O)c1cccc(-c2cc(C3=NC=C[SH]3Cc3ncc(-c4cc(-c5nccs5)nc5sc([S+]([O-])CCCC)c(N)c45)[nH]3)nc3sc([S+]([O-])CCCC)c(N)c23)c1. The molecule has 18 heteroatoms. The molecular formula is C42H43N9O3S6. The van der Waals surface area contributed by atoms with Crippen LogP contribution in [-0.2, 0) is 28.1 Å². The number of hydrogen-bond acceptors (Lipinski definition) is 13. The summed E-state index contributed by atoms with van der Waals surface area (Å²) in [7, 11) is -1.02. The zero-order valence-electron chi connectivity index (χ0n) is 32.9. The van der Waals surface area contributed by atoms with Crippen molar-refractivity contribution in [3.05, 3.63) is 95.5 Å². The highest BCUT2D eigenvalue weighted by molar-refractivity contribution is 8.32. The number of anilines is 2. The summed E-state index contributed by atoms with van der Waals surface area (Å²) >= 11 is 1.70. The largest absolute Gasteiger partial charge is 0.611 e. The Bertz CT molecular complexity index is 2760. The fraction of sp³-hybridized carbons (Fsp3) is 0.238. The Morgan fingerprint density at radius 1 is 0.950 bits per heavy atom. The number of pyridine rings is 2. The molecular weight excluding hydrogens is 871 g/mol. The highest BCUT2D eigenvalue weighted by Gasteiger charge is 2.29. The van der Waals surface area contributed by atoms with Crippen LogP contribution in [0.4, 0.5) is 11.4 Å². The van der Waals surface area contributed by atoms with Crippen LogP contribution in [0.1, 0.15) is 61.4 Å². The Morgan fingerprint density at radius 3 is 2.30 bits per heavy atom. The zero-order valence-corrected chi connectivity index (χ0v) is 37.9. The molecule has 310 valence electrons. The number of imidazole rings is 1. The van der Waals surface area contributed by atoms with Crippen LogP contribution in [0.3, 0.4) is 0 Å². The van der Waals surface area contributed by atoms with E-state index in [1.807, 2.05) is 48.1 Å². The molecule has 0 bridgehead atoms. The van der Waals surface area contributed by atoms with Crippen LogP contribution in [-0.4, -0.2) is 63.0 Å². The number of hydrogen-bond donors (Lipinski definition) is 5. The molecule has 0 aliphatic carbocycles. The fourth-order valence-corrected chi connectivity index (χ4v) is 14.7. The van der Waals surface area contributed by atoms with Crippen molar-refractivity contribution in [2.24, 2.45) is 4.99 Å². The third-order valence-electron chi connectivity index (χ3n) is 9.79. The number of nitrogens with one attached hydrogen (secondary N) is 2. The molecule has 0 radical (unpaired) electrons. The minimum atomic E-state index is -1.29. The number of aromatic nitrogens is 5. The van der Waals surface area contributed by atoms with E-state index in [0.29, 0.717) is 75.6 Å². The van der Waals surface area contributed by atoms with Crippen molar-refractivity contribution in [2.75, 3.05) is 29.5 Å². The van der Waals surface area contributed by atoms with Gasteiger partial charge in [0.15, 0.2) is 0 Å². The van der Waals surface area contributed by atoms with Gasteiger partial charge in [-0.05, 0) is 76.0 Å². The minimum Gasteiger partial charge on any atom is -0.611 e. The Hall–Kier alpha value is -4.53. The van der Waals surface area contributed by atoms with Crippen molar-refractivity contribution in [2.45, 2.75) is 53.7 Å². The van der Waals surface area contributed by atoms with Crippen molar-refractivity contribution in [1.82, 2.24) is 30.2 Å². The second-order valence-corrected chi connectivity index (χ2v) is 22.3. The number of thiophene rings is 2. The summed E-state index contributed by atoms with van der Waals surface area (Å²) < 4.78 is 28.1. The van der Waals surface area contributed by atoms with Crippen molar-refractivity contribution < 1.29 is 13.9 Å². The highest BCUT2D eigenvalue weighted by Crippen LogP contribution is 2.47. The first kappa shape index (κ1) is 42.2. The van der Waals surface area contributed by atoms with Gasteiger partial charge in [-0.25, -0.2) is 24.9 Å². The standard InChI is InChI=1S/C42H43N9O3S6/c1-4-7-16-59(53)41-34(43)32-26(24-10-9-11-25(19-24)36(52)45-12-6-3)20-29(51-38(32)56-41)40-47-14-18-58(40)23-31-48-22-30(49-31)27-21-28(37-46-13-15-55-37)50-39-33(27)35(44)42(57-39)60(54)17-8-5-2/h6,9-11,13-15,18-22,58H,3-5,7-8,12,16-17,23,43-44H2,1-2H3,(H,45,52)(H,48,49). The van der Waals surface area contributed by atoms with Crippen LogP contribution < -0.4 is 16.8 Å². The molecule has 60 heavy (non-hydrogen) atoms. The molecule has 8 rings (SSSR count). The average molecular weight is 914 g/mol. The first-order chi connectivity index (χ1) is 29.2. The van der Waals surface area contributed by atoms with Gasteiger partial charge in [0.2, 0.25) is 8.42 Å². The smallest absolute Gasteiger partial charge is 0.251 e. The van der Waals surface area contributed by atoms with Crippen LogP contribution in [0.2, 0.25) is 0 Å². The lowest BCUT2D eigenvalue weighted by molar-refractivity contribution is 0.0958. The van der Waals surface area contributed by atoms with Crippen molar-refractivity contribution in [3.8, 4) is 33.1 Å². The lowest BCUT2D eigenvalue weighted by Crippen LogP contribution is -2.23. The van der Waals surface area contributed by atoms with Crippen LogP contribution in [0, 0.1) is 0 Å². The van der Waals surface area contributed by atoms with Crippen molar-refractivity contribution in [3.63, 3.8) is 0 Å². The predicted molar refractivity (Wildman–Crippen MR) is 255 cm³/mol. The quantitative estimate of drug-likeness (QED) is 0.0335. The summed E-state index contributed by atoms with van der Waals surface area (Å²) in [6, 6.07) is 11.3. The molecule has 1 aliphatic rings. The molecule has 1 aliphatic heterocycles. The second-order valence-electron chi connectivity index (χ2n) is 13.9. The fourth-order valence-electron chi connectivity index (χ4n) is 6.80. The first-order valence-corrected chi connectivity index (χ1v) is 26.1. The summed E-state index contributed by atoms with van der Waals surface area (Å²) in [5.74, 6) is 2.14. The number of nitrogens with two attached hydrogens (primary N) is 2. The Kier molecular flexibility index (Phi) is 13.1. The third-order valence-corrected chi connectivity index (χ3v) is 18.6. The van der Waals surface area contributed by atoms with Gasteiger partial charge in [0, 0.05) is 52.0 Å². The molecule has 1 aromatic carbocycles. The molecule has 0 saturated heterocycles. The maximum Gasteiger partial charge on any atom is 0.251 e. The van der Waals surface area contributed by atoms with E-state index in [0.717, 1.165) is 69.3 Å². The van der Waals surface area contributed by atoms with Gasteiger partial charge < -0.3 is 30.9 Å². The Balaban J connectivity index is 1.15. The molecule has 6 N–H and O–H groups in total. The molecule has 7 heterocycles. The van der Waals surface area contributed by atoms with Crippen LogP contribution >= 0.6 is 44.9 Å². The number of thiol groups is 1. The van der Waals surface area contributed by atoms with Gasteiger partial charge in [0.25, 0.3) is 5.91 Å². The molecule has 6 aromatic heterocycles. The van der Waals surface area contributed by atoms with Gasteiger partial charge in [0.05, 0.1) is 17.6 Å². The Labute approximate surface area is 368 Å². The number of thiazole rings is 1. The molecule has 3 unspecified atom stereocenters. The van der Waals surface area contributed by atoms with Crippen molar-refractivity contribution in [1.29, 1.82) is 0 Å². The number of aliphatic imine (C=N–C) groups is 1. The number of carbonyl (C=O) groups is 1. The van der Waals surface area contributed by atoms with E-state index in [4.69, 9.17) is 31.4 Å². The van der Waals surface area contributed by atoms with E-state index in [9.17, 15) is 13.9 Å². The number of aromatic amines is 1. The van der Waals surface area contributed by atoms with E-state index in [1.165, 1.54) is 34.0 Å². The minimum absolute atomic E-state index is 0.219. The molecule has 3 atom stereocenters. The number of fused-ring (bicyclic) bond motifs is 2. The summed E-state index contributed by atoms with van der Waals surface area (Å²) in [5, 5.41) is 9.91. The normalized spacial score (nSPS) is 15.5. The predicted octanol–water partition coefficient (Wildman–Crippen LogP) is 9.42. The number of nitrogens with zero attached hydrogens (tertiary/aromatic N) is 5. The van der Waals surface area contributed by atoms with Crippen LogP contribution in [0.5, 0.6) is 0 Å². The number of benzene rings is 1. The molecule has 12 nitrogen and oxygen atoms in total. The maximum atomic E-state index is 13.5. The molecule has 0 saturated carbocycles. The second kappa shape index (κ2) is 18.6. The van der Waals surface area contributed by atoms with Gasteiger partial charge in [0.1, 0.15) is 54.1 Å². The van der Waals surface area contributed by atoms with Gasteiger partial charge in [-0.2, -0.15) is 10.9 Å². The lowest BCUT2D eigenvalue weighted by atomic mass is 9.99. The number of unbranched alkanes of at least 4 members (excludes halogenated alkanes) is 2. The van der Waals surface area contributed by atoms with Gasteiger partial charge in [-0.3, -0.25) is 4.79 Å². The van der Waals surface area contributed by atoms with Gasteiger partial charge >= 0.3 is 0 Å². The first-order valence-electron chi connectivity index (χ1n) is 19.4. The zero-order chi connectivity index (χ0) is 41.9. The molecule has 0 spiro atoms. The van der Waals surface area contributed by atoms with Crippen molar-refractivity contribution >= 4 is 110 Å². The molecule has 1 amide bonds. The van der Waals surface area contributed by atoms with E-state index < -0.39 is 33.2 Å². The number of amides is 1. The molecule has 0 fully saturated rings. The number of H-pyrrole nitrogens is 1. The summed E-state index contributed by atoms with van der Waals surface area (Å²) in [6.45, 7) is 8.20. The van der Waals surface area contributed by atoms with E-state index in [2.05, 4.69) is 41.1 Å². The molecule has 7 aromatic rings. The van der Waals surface area contributed by atoms with Crippen LogP contribution in [0.15, 0.2) is 91.8 Å². The Morgan fingerprint density at radius 2 is 1.63 bits per heavy atom. The topological polar surface area (TPSA) is 207 Å². The summed E-state index contributed by atoms with van der Waals surface area (Å²) in [6.07, 6.45) is 10.5. The third kappa shape index (κ3) is 8.52. The lowest BCUT2D eigenvalue weighted by Gasteiger charge is -2.16. The summed E-state index contributed by atoms with van der Waals surface area (Å²) in [5.41, 5.74) is 19.6. The van der Waals surface area contributed by atoms with E-state index in [-0.39, 0.29) is 5.91 Å². The van der Waals surface area contributed by atoms with Gasteiger partial charge in [-0.15, -0.1) is 17.9 Å². The number of nitrogen functional groups attached to an aromatic ring is 2. The number of rotatable bonds is 17. The average Bonchev–Trinajstić information content (AvgIpc) is 4.13. The summed E-state index contributed by atoms with van der Waals surface area (Å²) in [4.78, 5) is 42.2. The van der Waals surface area contributed by atoms with E-state index in [1.54, 1.807) is 18.3 Å².